The first kappa shape index (κ1) is 10.7. The molecule has 0 aliphatic heterocycles. The third kappa shape index (κ3) is 2.82. The van der Waals surface area contributed by atoms with Crippen molar-refractivity contribution in [1.29, 1.82) is 0 Å². The molecule has 1 aromatic rings. The Morgan fingerprint density at radius 2 is 2.29 bits per heavy atom. The van der Waals surface area contributed by atoms with Crippen molar-refractivity contribution in [3.8, 4) is 5.88 Å². The minimum Gasteiger partial charge on any atom is -0.475 e. The molecule has 0 bridgehead atoms. The predicted molar refractivity (Wildman–Crippen MR) is 52.0 cm³/mol. The fourth-order valence-electron chi connectivity index (χ4n) is 0.864. The number of ether oxygens (including phenoxy) is 2. The van der Waals surface area contributed by atoms with E-state index in [2.05, 4.69) is 15.4 Å². The Morgan fingerprint density at radius 3 is 2.93 bits per heavy atom. The zero-order chi connectivity index (χ0) is 10.4. The molecule has 1 aromatic heterocycles. The first-order valence-electron chi connectivity index (χ1n) is 4.20. The smallest absolute Gasteiger partial charge is 0.240 e. The van der Waals surface area contributed by atoms with Crippen LogP contribution in [-0.2, 0) is 4.74 Å². The van der Waals surface area contributed by atoms with Crippen LogP contribution in [0.5, 0.6) is 5.88 Å². The monoisotopic (exact) mass is 198 g/mol. The number of methoxy groups -OCH3 is 1. The standard InChI is InChI=1S/C8H14N4O2/c1-6-5-10-8(12-9)11-7(6)14-4-3-13-2/h5H,3-4,9H2,1-2H3,(H,10,11,12). The number of rotatable bonds is 5. The Bertz CT molecular complexity index is 293. The number of aryl methyl sites for hydroxylation is 1. The van der Waals surface area contributed by atoms with Crippen LogP contribution in [0.4, 0.5) is 5.95 Å². The molecule has 0 radical (unpaired) electrons. The molecule has 14 heavy (non-hydrogen) atoms. The van der Waals surface area contributed by atoms with Crippen molar-refractivity contribution in [2.45, 2.75) is 6.92 Å². The van der Waals surface area contributed by atoms with Gasteiger partial charge < -0.3 is 9.47 Å². The number of hydrogen-bond acceptors (Lipinski definition) is 6. The number of nitrogen functional groups attached to an aromatic ring is 1. The maximum atomic E-state index is 5.35. The second-order valence-corrected chi connectivity index (χ2v) is 2.67. The van der Waals surface area contributed by atoms with Crippen LogP contribution in [0.2, 0.25) is 0 Å². The minimum atomic E-state index is 0.336. The van der Waals surface area contributed by atoms with Crippen LogP contribution in [0.3, 0.4) is 0 Å². The van der Waals surface area contributed by atoms with E-state index < -0.39 is 0 Å². The molecule has 3 N–H and O–H groups in total. The van der Waals surface area contributed by atoms with Crippen LogP contribution >= 0.6 is 0 Å². The third-order valence-corrected chi connectivity index (χ3v) is 1.58. The summed E-state index contributed by atoms with van der Waals surface area (Å²) in [5.41, 5.74) is 3.21. The van der Waals surface area contributed by atoms with E-state index in [4.69, 9.17) is 15.3 Å². The molecule has 0 saturated heterocycles. The maximum absolute atomic E-state index is 5.35. The molecule has 1 heterocycles. The predicted octanol–water partition coefficient (Wildman–Crippen LogP) is 0.0958. The number of nitrogens with one attached hydrogen (secondary N) is 1. The van der Waals surface area contributed by atoms with Gasteiger partial charge in [-0.3, -0.25) is 5.43 Å². The minimum absolute atomic E-state index is 0.336. The number of hydrazine groups is 1. The highest BCUT2D eigenvalue weighted by Gasteiger charge is 2.03. The average Bonchev–Trinajstić information content (AvgIpc) is 2.21. The summed E-state index contributed by atoms with van der Waals surface area (Å²) >= 11 is 0. The fraction of sp³-hybridized carbons (Fsp3) is 0.500. The van der Waals surface area contributed by atoms with Crippen molar-refractivity contribution in [2.24, 2.45) is 5.84 Å². The summed E-state index contributed by atoms with van der Waals surface area (Å²) in [4.78, 5) is 7.96. The van der Waals surface area contributed by atoms with Gasteiger partial charge in [-0.05, 0) is 6.92 Å². The van der Waals surface area contributed by atoms with Gasteiger partial charge in [-0.15, -0.1) is 0 Å². The van der Waals surface area contributed by atoms with Gasteiger partial charge in [-0.1, -0.05) is 0 Å². The first-order chi connectivity index (χ1) is 6.77. The van der Waals surface area contributed by atoms with Crippen molar-refractivity contribution in [1.82, 2.24) is 9.97 Å². The lowest BCUT2D eigenvalue weighted by Gasteiger charge is -2.07. The van der Waals surface area contributed by atoms with Gasteiger partial charge in [0.25, 0.3) is 0 Å². The Balaban J connectivity index is 2.64. The molecule has 0 amide bonds. The van der Waals surface area contributed by atoms with Crippen LogP contribution in [0.1, 0.15) is 5.56 Å². The van der Waals surface area contributed by atoms with Gasteiger partial charge in [0, 0.05) is 18.9 Å². The Kier molecular flexibility index (Phi) is 4.09. The summed E-state index contributed by atoms with van der Waals surface area (Å²) < 4.78 is 10.2. The highest BCUT2D eigenvalue weighted by molar-refractivity contribution is 5.31. The van der Waals surface area contributed by atoms with Crippen molar-refractivity contribution in [2.75, 3.05) is 25.7 Å². The zero-order valence-corrected chi connectivity index (χ0v) is 8.28. The molecule has 0 aromatic carbocycles. The quantitative estimate of drug-likeness (QED) is 0.396. The van der Waals surface area contributed by atoms with E-state index in [1.54, 1.807) is 13.3 Å². The second kappa shape index (κ2) is 5.36. The maximum Gasteiger partial charge on any atom is 0.240 e. The van der Waals surface area contributed by atoms with Crippen LogP contribution in [0, 0.1) is 6.92 Å². The summed E-state index contributed by atoms with van der Waals surface area (Å²) in [6.45, 7) is 2.84. The molecule has 1 rings (SSSR count). The summed E-state index contributed by atoms with van der Waals surface area (Å²) in [7, 11) is 1.61. The molecular formula is C8H14N4O2. The average molecular weight is 198 g/mol. The molecule has 0 aliphatic carbocycles. The molecule has 78 valence electrons. The molecule has 0 unspecified atom stereocenters. The van der Waals surface area contributed by atoms with Crippen LogP contribution in [0.15, 0.2) is 6.20 Å². The zero-order valence-electron chi connectivity index (χ0n) is 8.28. The first-order valence-corrected chi connectivity index (χ1v) is 4.20. The Hall–Kier alpha value is -1.40. The van der Waals surface area contributed by atoms with Gasteiger partial charge >= 0.3 is 0 Å². The molecule has 6 nitrogen and oxygen atoms in total. The van der Waals surface area contributed by atoms with Crippen molar-refractivity contribution >= 4 is 5.95 Å². The number of nitrogens with zero attached hydrogens (tertiary/aromatic N) is 2. The SMILES string of the molecule is COCCOc1nc(NN)ncc1C. The molecule has 0 saturated carbocycles. The van der Waals surface area contributed by atoms with Crippen LogP contribution < -0.4 is 16.0 Å². The molecule has 0 aliphatic rings. The summed E-state index contributed by atoms with van der Waals surface area (Å²) in [6.07, 6.45) is 1.64. The highest BCUT2D eigenvalue weighted by Crippen LogP contribution is 2.14. The number of anilines is 1. The van der Waals surface area contributed by atoms with Crippen molar-refractivity contribution < 1.29 is 9.47 Å². The van der Waals surface area contributed by atoms with E-state index in [1.807, 2.05) is 6.92 Å². The van der Waals surface area contributed by atoms with Gasteiger partial charge in [0.15, 0.2) is 0 Å². The largest absolute Gasteiger partial charge is 0.475 e. The number of aromatic nitrogens is 2. The third-order valence-electron chi connectivity index (χ3n) is 1.58. The normalized spacial score (nSPS) is 9.93. The molecule has 0 spiro atoms. The lowest BCUT2D eigenvalue weighted by Crippen LogP contribution is -2.12. The van der Waals surface area contributed by atoms with E-state index in [0.717, 1.165) is 5.56 Å². The number of hydrogen-bond donors (Lipinski definition) is 2. The topological polar surface area (TPSA) is 82.3 Å². The Morgan fingerprint density at radius 1 is 1.50 bits per heavy atom. The molecule has 6 heteroatoms. The van der Waals surface area contributed by atoms with Gasteiger partial charge in [0.05, 0.1) is 6.61 Å². The molecule has 0 fully saturated rings. The van der Waals surface area contributed by atoms with Crippen LogP contribution in [-0.4, -0.2) is 30.3 Å². The van der Waals surface area contributed by atoms with E-state index in [1.165, 1.54) is 0 Å². The lowest BCUT2D eigenvalue weighted by atomic mass is 10.4. The summed E-state index contributed by atoms with van der Waals surface area (Å²) in [6, 6.07) is 0. The van der Waals surface area contributed by atoms with E-state index >= 15 is 0 Å². The summed E-state index contributed by atoms with van der Waals surface area (Å²) in [5.74, 6) is 6.02. The molecular weight excluding hydrogens is 184 g/mol. The van der Waals surface area contributed by atoms with Gasteiger partial charge in [0.1, 0.15) is 6.61 Å². The van der Waals surface area contributed by atoms with E-state index in [9.17, 15) is 0 Å². The van der Waals surface area contributed by atoms with Crippen molar-refractivity contribution in [3.05, 3.63) is 11.8 Å². The van der Waals surface area contributed by atoms with E-state index in [-0.39, 0.29) is 0 Å². The lowest BCUT2D eigenvalue weighted by molar-refractivity contribution is 0.143. The van der Waals surface area contributed by atoms with Gasteiger partial charge in [0.2, 0.25) is 11.8 Å². The number of nitrogens with two attached hydrogens (primary N) is 1. The second-order valence-electron chi connectivity index (χ2n) is 2.67. The van der Waals surface area contributed by atoms with E-state index in [0.29, 0.717) is 25.0 Å². The summed E-state index contributed by atoms with van der Waals surface area (Å²) in [5, 5.41) is 0. The van der Waals surface area contributed by atoms with Crippen molar-refractivity contribution in [3.63, 3.8) is 0 Å². The highest BCUT2D eigenvalue weighted by atomic mass is 16.5. The molecule has 0 atom stereocenters. The van der Waals surface area contributed by atoms with Crippen LogP contribution in [0.25, 0.3) is 0 Å². The fourth-order valence-corrected chi connectivity index (χ4v) is 0.864. The Labute approximate surface area is 82.4 Å². The van der Waals surface area contributed by atoms with Gasteiger partial charge in [-0.25, -0.2) is 10.8 Å². The van der Waals surface area contributed by atoms with Gasteiger partial charge in [-0.2, -0.15) is 4.98 Å².